The van der Waals surface area contributed by atoms with Crippen molar-refractivity contribution in [1.82, 2.24) is 5.32 Å². The molecule has 1 aliphatic heterocycles. The number of amides is 1. The zero-order valence-electron chi connectivity index (χ0n) is 17.4. The van der Waals surface area contributed by atoms with Gasteiger partial charge in [-0.15, -0.1) is 0 Å². The number of hydrogen-bond acceptors (Lipinski definition) is 3. The molecule has 4 heteroatoms. The van der Waals surface area contributed by atoms with E-state index in [1.807, 2.05) is 12.1 Å². The fourth-order valence-electron chi connectivity index (χ4n) is 4.40. The van der Waals surface area contributed by atoms with E-state index in [1.54, 1.807) is 6.26 Å². The van der Waals surface area contributed by atoms with E-state index < -0.39 is 0 Å². The van der Waals surface area contributed by atoms with Crippen LogP contribution in [0.1, 0.15) is 78.9 Å². The van der Waals surface area contributed by atoms with E-state index in [9.17, 15) is 4.79 Å². The van der Waals surface area contributed by atoms with Crippen LogP contribution in [0.5, 0.6) is 0 Å². The molecule has 2 rings (SSSR count). The van der Waals surface area contributed by atoms with Gasteiger partial charge in [-0.25, -0.2) is 0 Å². The Morgan fingerprint density at radius 3 is 2.54 bits per heavy atom. The third-order valence-electron chi connectivity index (χ3n) is 6.16. The number of carbonyl (C=O) groups is 1. The number of nitrogens with one attached hydrogen (secondary N) is 1. The highest BCUT2D eigenvalue weighted by Crippen LogP contribution is 2.46. The summed E-state index contributed by atoms with van der Waals surface area (Å²) in [6.07, 6.45) is 5.30. The van der Waals surface area contributed by atoms with Crippen molar-refractivity contribution >= 4 is 5.91 Å². The van der Waals surface area contributed by atoms with E-state index >= 15 is 0 Å². The Hall–Kier alpha value is -1.29. The second-order valence-corrected chi connectivity index (χ2v) is 9.22. The molecule has 2 atom stereocenters. The molecular weight excluding hydrogens is 326 g/mol. The van der Waals surface area contributed by atoms with Gasteiger partial charge in [0.25, 0.3) is 0 Å². The summed E-state index contributed by atoms with van der Waals surface area (Å²) < 4.78 is 11.5. The van der Waals surface area contributed by atoms with Crippen molar-refractivity contribution in [2.24, 2.45) is 17.3 Å². The van der Waals surface area contributed by atoms with Gasteiger partial charge in [-0.1, -0.05) is 27.7 Å². The number of rotatable bonds is 8. The van der Waals surface area contributed by atoms with Crippen molar-refractivity contribution in [3.63, 3.8) is 0 Å². The van der Waals surface area contributed by atoms with Crippen LogP contribution in [0.3, 0.4) is 0 Å². The topological polar surface area (TPSA) is 51.5 Å². The van der Waals surface area contributed by atoms with Crippen molar-refractivity contribution in [1.29, 1.82) is 0 Å². The summed E-state index contributed by atoms with van der Waals surface area (Å²) in [5.41, 5.74) is 0.169. The maximum absolute atomic E-state index is 12.5. The Balaban J connectivity index is 1.90. The first-order chi connectivity index (χ1) is 12.2. The van der Waals surface area contributed by atoms with E-state index in [0.717, 1.165) is 38.2 Å². The molecule has 0 aromatic carbocycles. The predicted molar refractivity (Wildman–Crippen MR) is 105 cm³/mol. The first-order valence-corrected chi connectivity index (χ1v) is 10.1. The molecular formula is C22H37NO3. The molecule has 26 heavy (non-hydrogen) atoms. The molecule has 1 aromatic heterocycles. The van der Waals surface area contributed by atoms with Crippen LogP contribution in [0.25, 0.3) is 0 Å². The van der Waals surface area contributed by atoms with Gasteiger partial charge in [0.15, 0.2) is 0 Å². The lowest BCUT2D eigenvalue weighted by atomic mass is 9.65. The first kappa shape index (κ1) is 21.0. The minimum absolute atomic E-state index is 0.0748. The Morgan fingerprint density at radius 1 is 1.27 bits per heavy atom. The van der Waals surface area contributed by atoms with Crippen LogP contribution in [0.4, 0.5) is 0 Å². The molecule has 1 fully saturated rings. The van der Waals surface area contributed by atoms with Crippen molar-refractivity contribution in [2.45, 2.75) is 78.7 Å². The number of ether oxygens (including phenoxy) is 1. The molecule has 0 spiro atoms. The van der Waals surface area contributed by atoms with Gasteiger partial charge in [0.1, 0.15) is 5.76 Å². The Bertz CT molecular complexity index is 562. The Morgan fingerprint density at radius 2 is 2.00 bits per heavy atom. The van der Waals surface area contributed by atoms with E-state index in [-0.39, 0.29) is 22.8 Å². The summed E-state index contributed by atoms with van der Waals surface area (Å²) in [6.45, 7) is 14.8. The third kappa shape index (κ3) is 5.35. The molecule has 1 aliphatic rings. The SMILES string of the molecule is CC(C)[C@H](CC(=O)NCC[C@]1(C(C)C)CCOC(C)(C)C1)c1ccco1. The number of carbonyl (C=O) groups excluding carboxylic acids is 1. The molecule has 0 bridgehead atoms. The van der Waals surface area contributed by atoms with Gasteiger partial charge in [0.2, 0.25) is 5.91 Å². The minimum Gasteiger partial charge on any atom is -0.469 e. The van der Waals surface area contributed by atoms with E-state index in [2.05, 4.69) is 46.9 Å². The quantitative estimate of drug-likeness (QED) is 0.695. The maximum Gasteiger partial charge on any atom is 0.220 e. The standard InChI is InChI=1S/C22H37NO3/c1-16(2)18(19-8-7-12-25-19)14-20(24)23-11-9-22(17(3)4)10-13-26-21(5,6)15-22/h7-8,12,16-18H,9-11,13-15H2,1-6H3,(H,23,24)/t18-,22-/m0/s1. The van der Waals surface area contributed by atoms with Crippen LogP contribution in [-0.4, -0.2) is 24.7 Å². The molecule has 0 aliphatic carbocycles. The van der Waals surface area contributed by atoms with Gasteiger partial charge in [-0.3, -0.25) is 4.79 Å². The lowest BCUT2D eigenvalue weighted by Crippen LogP contribution is -2.45. The van der Waals surface area contributed by atoms with Crippen molar-refractivity contribution < 1.29 is 13.9 Å². The van der Waals surface area contributed by atoms with Gasteiger partial charge in [0.05, 0.1) is 11.9 Å². The first-order valence-electron chi connectivity index (χ1n) is 10.1. The van der Waals surface area contributed by atoms with Crippen LogP contribution in [0, 0.1) is 17.3 Å². The third-order valence-corrected chi connectivity index (χ3v) is 6.16. The van der Waals surface area contributed by atoms with Crippen LogP contribution in [-0.2, 0) is 9.53 Å². The zero-order chi connectivity index (χ0) is 19.4. The number of hydrogen-bond donors (Lipinski definition) is 1. The van der Waals surface area contributed by atoms with E-state index in [0.29, 0.717) is 18.3 Å². The highest BCUT2D eigenvalue weighted by Gasteiger charge is 2.42. The van der Waals surface area contributed by atoms with Gasteiger partial charge in [-0.05, 0) is 62.5 Å². The maximum atomic E-state index is 12.5. The van der Waals surface area contributed by atoms with Crippen molar-refractivity contribution in [3.05, 3.63) is 24.2 Å². The average molecular weight is 364 g/mol. The summed E-state index contributed by atoms with van der Waals surface area (Å²) in [4.78, 5) is 12.5. The molecule has 1 N–H and O–H groups in total. The highest BCUT2D eigenvalue weighted by molar-refractivity contribution is 5.76. The molecule has 4 nitrogen and oxygen atoms in total. The van der Waals surface area contributed by atoms with Gasteiger partial charge >= 0.3 is 0 Å². The number of furan rings is 1. The Kier molecular flexibility index (Phi) is 6.95. The lowest BCUT2D eigenvalue weighted by Gasteiger charge is -2.47. The average Bonchev–Trinajstić information content (AvgIpc) is 3.05. The van der Waals surface area contributed by atoms with E-state index in [4.69, 9.17) is 9.15 Å². The van der Waals surface area contributed by atoms with Crippen LogP contribution in [0.2, 0.25) is 0 Å². The van der Waals surface area contributed by atoms with E-state index in [1.165, 1.54) is 0 Å². The molecule has 148 valence electrons. The summed E-state index contributed by atoms with van der Waals surface area (Å²) >= 11 is 0. The second kappa shape index (κ2) is 8.60. The predicted octanol–water partition coefficient (Wildman–Crippen LogP) is 5.15. The van der Waals surface area contributed by atoms with Gasteiger partial charge in [-0.2, -0.15) is 0 Å². The largest absolute Gasteiger partial charge is 0.469 e. The zero-order valence-corrected chi connectivity index (χ0v) is 17.4. The normalized spacial score (nSPS) is 24.0. The Labute approximate surface area is 159 Å². The molecule has 1 saturated heterocycles. The van der Waals surface area contributed by atoms with Crippen LogP contribution < -0.4 is 5.32 Å². The van der Waals surface area contributed by atoms with Crippen LogP contribution >= 0.6 is 0 Å². The molecule has 0 radical (unpaired) electrons. The summed E-state index contributed by atoms with van der Waals surface area (Å²) in [6, 6.07) is 3.86. The highest BCUT2D eigenvalue weighted by atomic mass is 16.5. The molecule has 0 saturated carbocycles. The summed E-state index contributed by atoms with van der Waals surface area (Å²) in [5, 5.41) is 3.16. The van der Waals surface area contributed by atoms with Gasteiger partial charge < -0.3 is 14.5 Å². The summed E-state index contributed by atoms with van der Waals surface area (Å²) in [5.74, 6) is 2.09. The minimum atomic E-state index is -0.0748. The summed E-state index contributed by atoms with van der Waals surface area (Å²) in [7, 11) is 0. The molecule has 0 unspecified atom stereocenters. The lowest BCUT2D eigenvalue weighted by molar-refractivity contribution is -0.125. The molecule has 2 heterocycles. The van der Waals surface area contributed by atoms with Gasteiger partial charge in [0, 0.05) is 25.5 Å². The fourth-order valence-corrected chi connectivity index (χ4v) is 4.40. The van der Waals surface area contributed by atoms with Crippen molar-refractivity contribution in [2.75, 3.05) is 13.2 Å². The van der Waals surface area contributed by atoms with Crippen molar-refractivity contribution in [3.8, 4) is 0 Å². The monoisotopic (exact) mass is 363 g/mol. The fraction of sp³-hybridized carbons (Fsp3) is 0.773. The smallest absolute Gasteiger partial charge is 0.220 e. The van der Waals surface area contributed by atoms with Crippen LogP contribution in [0.15, 0.2) is 22.8 Å². The second-order valence-electron chi connectivity index (χ2n) is 9.22. The molecule has 1 amide bonds. The molecule has 1 aromatic rings.